The van der Waals surface area contributed by atoms with Gasteiger partial charge in [0, 0.05) is 13.1 Å². The molecule has 16 heavy (non-hydrogen) atoms. The Morgan fingerprint density at radius 1 is 1.00 bits per heavy atom. The van der Waals surface area contributed by atoms with Crippen LogP contribution in [0.25, 0.3) is 0 Å². The number of carbonyl (C=O) groups is 1. The number of nitrogens with two attached hydrogens (primary N) is 1. The van der Waals surface area contributed by atoms with Crippen molar-refractivity contribution in [3.63, 3.8) is 0 Å². The van der Waals surface area contributed by atoms with Gasteiger partial charge in [-0.15, -0.1) is 0 Å². The summed E-state index contributed by atoms with van der Waals surface area (Å²) < 4.78 is 0. The van der Waals surface area contributed by atoms with Crippen LogP contribution in [0, 0.1) is 17.8 Å². The summed E-state index contributed by atoms with van der Waals surface area (Å²) in [6.07, 6.45) is 0. The summed E-state index contributed by atoms with van der Waals surface area (Å²) >= 11 is 0. The summed E-state index contributed by atoms with van der Waals surface area (Å²) in [5.41, 5.74) is 5.92. The van der Waals surface area contributed by atoms with E-state index in [0.717, 1.165) is 13.1 Å². The molecule has 0 aliphatic rings. The average Bonchev–Trinajstić information content (AvgIpc) is 2.12. The molecule has 0 heterocycles. The van der Waals surface area contributed by atoms with Crippen LogP contribution in [0.3, 0.4) is 0 Å². The van der Waals surface area contributed by atoms with Crippen LogP contribution in [-0.4, -0.2) is 29.9 Å². The van der Waals surface area contributed by atoms with Crippen LogP contribution >= 0.6 is 0 Å². The lowest BCUT2D eigenvalue weighted by molar-refractivity contribution is -0.134. The molecule has 1 amide bonds. The molecule has 0 bridgehead atoms. The standard InChI is InChI=1S/C13H28N2O/c1-9(2)7-15(8-10(3)4)13(16)12(14)11(5)6/h9-12H,7-8,14H2,1-6H3. The SMILES string of the molecule is CC(C)CN(CC(C)C)C(=O)C(N)C(C)C. The molecule has 3 nitrogen and oxygen atoms in total. The first-order chi connectivity index (χ1) is 7.25. The Bertz CT molecular complexity index is 202. The van der Waals surface area contributed by atoms with Crippen molar-refractivity contribution in [2.75, 3.05) is 13.1 Å². The van der Waals surface area contributed by atoms with Crippen molar-refractivity contribution in [1.82, 2.24) is 4.90 Å². The third-order valence-corrected chi connectivity index (χ3v) is 2.49. The number of carbonyl (C=O) groups excluding carboxylic acids is 1. The van der Waals surface area contributed by atoms with Crippen molar-refractivity contribution >= 4 is 5.91 Å². The summed E-state index contributed by atoms with van der Waals surface area (Å²) in [5, 5.41) is 0. The van der Waals surface area contributed by atoms with Crippen LogP contribution in [0.5, 0.6) is 0 Å². The van der Waals surface area contributed by atoms with E-state index in [2.05, 4.69) is 27.7 Å². The second-order valence-electron chi connectivity index (χ2n) is 5.80. The lowest BCUT2D eigenvalue weighted by atomic mass is 10.0. The Labute approximate surface area is 100 Å². The molecule has 0 rings (SSSR count). The topological polar surface area (TPSA) is 46.3 Å². The van der Waals surface area contributed by atoms with E-state index in [1.165, 1.54) is 0 Å². The monoisotopic (exact) mass is 228 g/mol. The average molecular weight is 228 g/mol. The van der Waals surface area contributed by atoms with E-state index in [1.54, 1.807) is 0 Å². The van der Waals surface area contributed by atoms with Crippen molar-refractivity contribution in [2.45, 2.75) is 47.6 Å². The second kappa shape index (κ2) is 6.89. The summed E-state index contributed by atoms with van der Waals surface area (Å²) in [6, 6.07) is -0.363. The maximum Gasteiger partial charge on any atom is 0.239 e. The zero-order valence-electron chi connectivity index (χ0n) is 11.7. The summed E-state index contributed by atoms with van der Waals surface area (Å²) in [7, 11) is 0. The van der Waals surface area contributed by atoms with Crippen molar-refractivity contribution in [3.05, 3.63) is 0 Å². The summed E-state index contributed by atoms with van der Waals surface area (Å²) in [4.78, 5) is 14.1. The fourth-order valence-electron chi connectivity index (χ4n) is 1.63. The van der Waals surface area contributed by atoms with Crippen LogP contribution in [0.2, 0.25) is 0 Å². The van der Waals surface area contributed by atoms with Gasteiger partial charge in [0.05, 0.1) is 6.04 Å². The van der Waals surface area contributed by atoms with Crippen molar-refractivity contribution in [3.8, 4) is 0 Å². The van der Waals surface area contributed by atoms with Gasteiger partial charge in [0.15, 0.2) is 0 Å². The number of nitrogens with zero attached hydrogens (tertiary/aromatic N) is 1. The Morgan fingerprint density at radius 3 is 1.62 bits per heavy atom. The highest BCUT2D eigenvalue weighted by molar-refractivity contribution is 5.81. The highest BCUT2D eigenvalue weighted by Gasteiger charge is 2.24. The Balaban J connectivity index is 4.55. The van der Waals surface area contributed by atoms with E-state index >= 15 is 0 Å². The lowest BCUT2D eigenvalue weighted by Gasteiger charge is -2.30. The number of hydrogen-bond donors (Lipinski definition) is 1. The number of amides is 1. The minimum absolute atomic E-state index is 0.0948. The fraction of sp³-hybridized carbons (Fsp3) is 0.923. The second-order valence-corrected chi connectivity index (χ2v) is 5.80. The molecule has 0 saturated carbocycles. The number of hydrogen-bond acceptors (Lipinski definition) is 2. The molecule has 2 N–H and O–H groups in total. The normalized spacial score (nSPS) is 13.6. The molecule has 1 atom stereocenters. The van der Waals surface area contributed by atoms with Crippen molar-refractivity contribution in [1.29, 1.82) is 0 Å². The molecule has 1 unspecified atom stereocenters. The molecule has 0 saturated heterocycles. The molecule has 0 aromatic heterocycles. The molecule has 0 aromatic carbocycles. The molecule has 0 aromatic rings. The van der Waals surface area contributed by atoms with E-state index in [4.69, 9.17) is 5.73 Å². The summed E-state index contributed by atoms with van der Waals surface area (Å²) in [6.45, 7) is 14.1. The Hall–Kier alpha value is -0.570. The smallest absolute Gasteiger partial charge is 0.239 e. The molecule has 0 aliphatic heterocycles. The minimum Gasteiger partial charge on any atom is -0.341 e. The van der Waals surface area contributed by atoms with Crippen LogP contribution in [0.15, 0.2) is 0 Å². The van der Waals surface area contributed by atoms with Crippen LogP contribution < -0.4 is 5.73 Å². The zero-order chi connectivity index (χ0) is 12.9. The zero-order valence-corrected chi connectivity index (χ0v) is 11.7. The first kappa shape index (κ1) is 15.4. The molecular weight excluding hydrogens is 200 g/mol. The van der Waals surface area contributed by atoms with Gasteiger partial charge >= 0.3 is 0 Å². The molecule has 0 spiro atoms. The Morgan fingerprint density at radius 2 is 1.38 bits per heavy atom. The molecule has 3 heteroatoms. The van der Waals surface area contributed by atoms with Gasteiger partial charge in [-0.1, -0.05) is 41.5 Å². The van der Waals surface area contributed by atoms with Gasteiger partial charge in [-0.3, -0.25) is 4.79 Å². The lowest BCUT2D eigenvalue weighted by Crippen LogP contribution is -2.48. The third kappa shape index (κ3) is 5.50. The first-order valence-electron chi connectivity index (χ1n) is 6.30. The van der Waals surface area contributed by atoms with Gasteiger partial charge in [0.1, 0.15) is 0 Å². The van der Waals surface area contributed by atoms with E-state index in [1.807, 2.05) is 18.7 Å². The summed E-state index contributed by atoms with van der Waals surface area (Å²) in [5.74, 6) is 1.27. The molecule has 0 aliphatic carbocycles. The van der Waals surface area contributed by atoms with Crippen LogP contribution in [0.4, 0.5) is 0 Å². The molecular formula is C13H28N2O. The molecule has 0 fully saturated rings. The first-order valence-corrected chi connectivity index (χ1v) is 6.30. The van der Waals surface area contributed by atoms with Gasteiger partial charge < -0.3 is 10.6 Å². The van der Waals surface area contributed by atoms with Crippen LogP contribution in [-0.2, 0) is 4.79 Å². The third-order valence-electron chi connectivity index (χ3n) is 2.49. The maximum absolute atomic E-state index is 12.2. The predicted molar refractivity (Wildman–Crippen MR) is 69.1 cm³/mol. The van der Waals surface area contributed by atoms with E-state index in [0.29, 0.717) is 11.8 Å². The molecule has 96 valence electrons. The number of rotatable bonds is 6. The fourth-order valence-corrected chi connectivity index (χ4v) is 1.63. The Kier molecular flexibility index (Phi) is 6.65. The quantitative estimate of drug-likeness (QED) is 0.757. The van der Waals surface area contributed by atoms with E-state index in [-0.39, 0.29) is 17.9 Å². The van der Waals surface area contributed by atoms with Crippen molar-refractivity contribution in [2.24, 2.45) is 23.5 Å². The minimum atomic E-state index is -0.363. The van der Waals surface area contributed by atoms with Gasteiger partial charge in [-0.2, -0.15) is 0 Å². The van der Waals surface area contributed by atoms with Gasteiger partial charge in [0.2, 0.25) is 5.91 Å². The van der Waals surface area contributed by atoms with Gasteiger partial charge in [-0.25, -0.2) is 0 Å². The maximum atomic E-state index is 12.2. The highest BCUT2D eigenvalue weighted by Crippen LogP contribution is 2.09. The predicted octanol–water partition coefficient (Wildman–Crippen LogP) is 2.11. The van der Waals surface area contributed by atoms with Gasteiger partial charge in [-0.05, 0) is 17.8 Å². The van der Waals surface area contributed by atoms with E-state index < -0.39 is 0 Å². The highest BCUT2D eigenvalue weighted by atomic mass is 16.2. The van der Waals surface area contributed by atoms with Crippen molar-refractivity contribution < 1.29 is 4.79 Å². The molecule has 0 radical (unpaired) electrons. The van der Waals surface area contributed by atoms with E-state index in [9.17, 15) is 4.79 Å². The van der Waals surface area contributed by atoms with Crippen LogP contribution in [0.1, 0.15) is 41.5 Å². The largest absolute Gasteiger partial charge is 0.341 e. The van der Waals surface area contributed by atoms with Gasteiger partial charge in [0.25, 0.3) is 0 Å².